The van der Waals surface area contributed by atoms with E-state index in [2.05, 4.69) is 5.32 Å². The van der Waals surface area contributed by atoms with Crippen LogP contribution in [0.5, 0.6) is 0 Å². The highest BCUT2D eigenvalue weighted by atomic mass is 32.2. The topological polar surface area (TPSA) is 117 Å². The van der Waals surface area contributed by atoms with Gasteiger partial charge in [-0.15, -0.1) is 0 Å². The zero-order valence-corrected chi connectivity index (χ0v) is 16.4. The molecule has 0 aromatic heterocycles. The standard InChI is InChI=1S/C19H19N3O5S/c1-13(18(23)21-16-6-4-5-14(11-16)12-20)27-19(24)15-7-9-17(10-8-15)28(25,26)22(2)3/h4-11,13H,1-3H3,(H,21,23)/t13-/m0/s1. The second kappa shape index (κ2) is 8.65. The summed E-state index contributed by atoms with van der Waals surface area (Å²) in [6, 6.07) is 13.5. The van der Waals surface area contributed by atoms with E-state index >= 15 is 0 Å². The molecular weight excluding hydrogens is 382 g/mol. The molecule has 1 amide bonds. The molecule has 0 aliphatic heterocycles. The Morgan fingerprint density at radius 3 is 2.36 bits per heavy atom. The van der Waals surface area contributed by atoms with Crippen LogP contribution in [0.1, 0.15) is 22.8 Å². The molecule has 0 heterocycles. The average Bonchev–Trinajstić information content (AvgIpc) is 2.67. The Balaban J connectivity index is 2.03. The number of esters is 1. The number of benzene rings is 2. The number of nitriles is 1. The number of nitrogens with zero attached hydrogens (tertiary/aromatic N) is 2. The van der Waals surface area contributed by atoms with Gasteiger partial charge in [-0.2, -0.15) is 5.26 Å². The van der Waals surface area contributed by atoms with Gasteiger partial charge in [0.1, 0.15) is 0 Å². The van der Waals surface area contributed by atoms with Gasteiger partial charge in [0.05, 0.1) is 22.1 Å². The molecule has 9 heteroatoms. The molecule has 0 spiro atoms. The largest absolute Gasteiger partial charge is 0.449 e. The number of sulfonamides is 1. The number of carbonyl (C=O) groups is 2. The maximum atomic E-state index is 12.2. The molecule has 0 aliphatic rings. The van der Waals surface area contributed by atoms with E-state index < -0.39 is 28.0 Å². The number of nitrogens with one attached hydrogen (secondary N) is 1. The van der Waals surface area contributed by atoms with E-state index in [1.165, 1.54) is 51.4 Å². The van der Waals surface area contributed by atoms with Crippen molar-refractivity contribution in [3.05, 3.63) is 59.7 Å². The first-order valence-corrected chi connectivity index (χ1v) is 9.63. The minimum absolute atomic E-state index is 0.0391. The third kappa shape index (κ3) is 4.94. The number of hydrogen-bond acceptors (Lipinski definition) is 6. The van der Waals surface area contributed by atoms with Gasteiger partial charge in [-0.25, -0.2) is 17.5 Å². The van der Waals surface area contributed by atoms with Crippen molar-refractivity contribution in [1.29, 1.82) is 5.26 Å². The lowest BCUT2D eigenvalue weighted by Gasteiger charge is -2.14. The fourth-order valence-electron chi connectivity index (χ4n) is 2.17. The summed E-state index contributed by atoms with van der Waals surface area (Å²) in [7, 11) is -0.788. The Morgan fingerprint density at radius 1 is 1.14 bits per heavy atom. The van der Waals surface area contributed by atoms with Crippen molar-refractivity contribution in [2.24, 2.45) is 0 Å². The lowest BCUT2D eigenvalue weighted by atomic mass is 10.2. The van der Waals surface area contributed by atoms with Crippen LogP contribution in [0.3, 0.4) is 0 Å². The summed E-state index contributed by atoms with van der Waals surface area (Å²) >= 11 is 0. The van der Waals surface area contributed by atoms with Crippen molar-refractivity contribution in [2.75, 3.05) is 19.4 Å². The average molecular weight is 401 g/mol. The molecule has 0 saturated carbocycles. The van der Waals surface area contributed by atoms with E-state index in [1.807, 2.05) is 6.07 Å². The molecule has 0 fully saturated rings. The van der Waals surface area contributed by atoms with Gasteiger partial charge in [-0.3, -0.25) is 4.79 Å². The second-order valence-electron chi connectivity index (χ2n) is 6.04. The maximum absolute atomic E-state index is 12.2. The highest BCUT2D eigenvalue weighted by Crippen LogP contribution is 2.15. The SMILES string of the molecule is C[C@H](OC(=O)c1ccc(S(=O)(=O)N(C)C)cc1)C(=O)Nc1cccc(C#N)c1. The summed E-state index contributed by atoms with van der Waals surface area (Å²) in [5.74, 6) is -1.32. The molecular formula is C19H19N3O5S. The van der Waals surface area contributed by atoms with E-state index in [9.17, 15) is 18.0 Å². The van der Waals surface area contributed by atoms with Gasteiger partial charge in [0, 0.05) is 19.8 Å². The van der Waals surface area contributed by atoms with E-state index in [0.29, 0.717) is 11.3 Å². The van der Waals surface area contributed by atoms with Crippen LogP contribution >= 0.6 is 0 Å². The molecule has 2 aromatic carbocycles. The second-order valence-corrected chi connectivity index (χ2v) is 8.19. The number of ether oxygens (including phenoxy) is 1. The lowest BCUT2D eigenvalue weighted by molar-refractivity contribution is -0.123. The van der Waals surface area contributed by atoms with Gasteiger partial charge >= 0.3 is 5.97 Å². The molecule has 0 aliphatic carbocycles. The summed E-state index contributed by atoms with van der Waals surface area (Å²) in [6.45, 7) is 1.41. The van der Waals surface area contributed by atoms with Gasteiger partial charge in [-0.05, 0) is 49.4 Å². The molecule has 8 nitrogen and oxygen atoms in total. The minimum Gasteiger partial charge on any atom is -0.449 e. The van der Waals surface area contributed by atoms with Crippen LogP contribution < -0.4 is 5.32 Å². The smallest absolute Gasteiger partial charge is 0.338 e. The van der Waals surface area contributed by atoms with Crippen LogP contribution in [0.2, 0.25) is 0 Å². The summed E-state index contributed by atoms with van der Waals surface area (Å²) in [4.78, 5) is 24.4. The first-order chi connectivity index (χ1) is 13.1. The van der Waals surface area contributed by atoms with Gasteiger partial charge in [0.2, 0.25) is 10.0 Å². The Bertz CT molecular complexity index is 1020. The molecule has 0 bridgehead atoms. The zero-order valence-electron chi connectivity index (χ0n) is 15.5. The summed E-state index contributed by atoms with van der Waals surface area (Å²) < 4.78 is 30.3. The van der Waals surface area contributed by atoms with Crippen molar-refractivity contribution in [1.82, 2.24) is 4.31 Å². The predicted molar refractivity (Wildman–Crippen MR) is 102 cm³/mol. The number of rotatable bonds is 6. The molecule has 146 valence electrons. The molecule has 2 aromatic rings. The predicted octanol–water partition coefficient (Wildman–Crippen LogP) is 1.99. The van der Waals surface area contributed by atoms with Crippen molar-refractivity contribution in [2.45, 2.75) is 17.9 Å². The first kappa shape index (κ1) is 21.1. The zero-order chi connectivity index (χ0) is 20.9. The van der Waals surface area contributed by atoms with E-state index in [4.69, 9.17) is 10.00 Å². The van der Waals surface area contributed by atoms with Crippen molar-refractivity contribution in [3.63, 3.8) is 0 Å². The molecule has 2 rings (SSSR count). The number of carbonyl (C=O) groups excluding carboxylic acids is 2. The van der Waals surface area contributed by atoms with E-state index in [0.717, 1.165) is 4.31 Å². The van der Waals surface area contributed by atoms with Gasteiger partial charge in [0.15, 0.2) is 6.10 Å². The maximum Gasteiger partial charge on any atom is 0.338 e. The van der Waals surface area contributed by atoms with Crippen LogP contribution in [0, 0.1) is 11.3 Å². The van der Waals surface area contributed by atoms with Crippen LogP contribution in [-0.4, -0.2) is 44.8 Å². The minimum atomic E-state index is -3.60. The van der Waals surface area contributed by atoms with Gasteiger partial charge in [-0.1, -0.05) is 6.07 Å². The fraction of sp³-hybridized carbons (Fsp3) is 0.211. The normalized spacial score (nSPS) is 12.1. The van der Waals surface area contributed by atoms with Crippen LogP contribution in [0.4, 0.5) is 5.69 Å². The molecule has 28 heavy (non-hydrogen) atoms. The highest BCUT2D eigenvalue weighted by molar-refractivity contribution is 7.89. The van der Waals surface area contributed by atoms with Crippen LogP contribution in [-0.2, 0) is 19.6 Å². The molecule has 0 radical (unpaired) electrons. The number of amides is 1. The summed E-state index contributed by atoms with van der Waals surface area (Å²) in [6.07, 6.45) is -1.09. The van der Waals surface area contributed by atoms with E-state index in [1.54, 1.807) is 18.2 Å². The monoisotopic (exact) mass is 401 g/mol. The Hall–Kier alpha value is -3.22. The van der Waals surface area contributed by atoms with Crippen molar-refractivity contribution >= 4 is 27.6 Å². The number of anilines is 1. The third-order valence-corrected chi connectivity index (χ3v) is 5.61. The Kier molecular flexibility index (Phi) is 6.51. The fourth-order valence-corrected chi connectivity index (χ4v) is 3.07. The van der Waals surface area contributed by atoms with Gasteiger partial charge < -0.3 is 10.1 Å². The quantitative estimate of drug-likeness (QED) is 0.740. The molecule has 0 unspecified atom stereocenters. The lowest BCUT2D eigenvalue weighted by Crippen LogP contribution is -2.30. The molecule has 0 saturated heterocycles. The Labute approximate surface area is 163 Å². The first-order valence-electron chi connectivity index (χ1n) is 8.19. The summed E-state index contributed by atoms with van der Waals surface area (Å²) in [5.41, 5.74) is 0.907. The third-order valence-electron chi connectivity index (χ3n) is 3.78. The van der Waals surface area contributed by atoms with Crippen molar-refractivity contribution < 1.29 is 22.7 Å². The van der Waals surface area contributed by atoms with Crippen molar-refractivity contribution in [3.8, 4) is 6.07 Å². The highest BCUT2D eigenvalue weighted by Gasteiger charge is 2.21. The van der Waals surface area contributed by atoms with Crippen LogP contribution in [0.25, 0.3) is 0 Å². The van der Waals surface area contributed by atoms with Gasteiger partial charge in [0.25, 0.3) is 5.91 Å². The van der Waals surface area contributed by atoms with Crippen LogP contribution in [0.15, 0.2) is 53.4 Å². The molecule has 1 atom stereocenters. The number of hydrogen-bond donors (Lipinski definition) is 1. The summed E-state index contributed by atoms with van der Waals surface area (Å²) in [5, 5.41) is 11.4. The molecule has 1 N–H and O–H groups in total. The Morgan fingerprint density at radius 2 is 1.79 bits per heavy atom. The van der Waals surface area contributed by atoms with E-state index in [-0.39, 0.29) is 10.5 Å².